The Kier molecular flexibility index (Phi) is 4.80. The summed E-state index contributed by atoms with van der Waals surface area (Å²) < 4.78 is 10.5. The van der Waals surface area contributed by atoms with Gasteiger partial charge in [-0.2, -0.15) is 0 Å². The van der Waals surface area contributed by atoms with Gasteiger partial charge in [-0.3, -0.25) is 0 Å². The molecule has 0 radical (unpaired) electrons. The lowest BCUT2D eigenvalue weighted by Gasteiger charge is -2.14. The minimum absolute atomic E-state index is 0.0370. The molecule has 0 aliphatic heterocycles. The fourth-order valence-corrected chi connectivity index (χ4v) is 1.28. The number of hydrogen-bond acceptors (Lipinski definition) is 4. The van der Waals surface area contributed by atoms with E-state index in [9.17, 15) is 10.0 Å². The van der Waals surface area contributed by atoms with E-state index in [4.69, 9.17) is 9.47 Å². The molecule has 4 nitrogen and oxygen atoms in total. The van der Waals surface area contributed by atoms with Crippen molar-refractivity contribution in [2.75, 3.05) is 13.7 Å². The molecule has 1 aromatic rings. The first kappa shape index (κ1) is 13.0. The summed E-state index contributed by atoms with van der Waals surface area (Å²) in [5.41, 5.74) is 1.33. The summed E-state index contributed by atoms with van der Waals surface area (Å²) in [7, 11) is 0.0816. The van der Waals surface area contributed by atoms with E-state index in [2.05, 4.69) is 0 Å². The van der Waals surface area contributed by atoms with Gasteiger partial charge in [0.05, 0.1) is 6.10 Å². The highest BCUT2D eigenvalue weighted by Gasteiger charge is 2.17. The van der Waals surface area contributed by atoms with Crippen molar-refractivity contribution in [3.8, 4) is 5.75 Å². The zero-order chi connectivity index (χ0) is 12.1. The molecular weight excluding hydrogens is 207 g/mol. The molecule has 0 heterocycles. The Morgan fingerprint density at radius 2 is 2.06 bits per heavy atom. The van der Waals surface area contributed by atoms with Crippen molar-refractivity contribution in [1.82, 2.24) is 0 Å². The molecule has 1 atom stereocenters. The van der Waals surface area contributed by atoms with Crippen molar-refractivity contribution in [3.05, 3.63) is 23.8 Å². The van der Waals surface area contributed by atoms with E-state index >= 15 is 0 Å². The Balaban J connectivity index is 2.78. The van der Waals surface area contributed by atoms with Crippen LogP contribution in [0.1, 0.15) is 12.5 Å². The second-order valence-electron chi connectivity index (χ2n) is 3.77. The first-order valence-electron chi connectivity index (χ1n) is 5.17. The van der Waals surface area contributed by atoms with Gasteiger partial charge in [-0.15, -0.1) is 0 Å². The van der Waals surface area contributed by atoms with Crippen LogP contribution in [0.2, 0.25) is 0 Å². The van der Waals surface area contributed by atoms with Crippen LogP contribution in [0.25, 0.3) is 0 Å². The Morgan fingerprint density at radius 3 is 2.62 bits per heavy atom. The lowest BCUT2D eigenvalue weighted by molar-refractivity contribution is 0.0719. The van der Waals surface area contributed by atoms with E-state index in [0.717, 1.165) is 5.56 Å². The van der Waals surface area contributed by atoms with Gasteiger partial charge < -0.3 is 19.5 Å². The summed E-state index contributed by atoms with van der Waals surface area (Å²) in [4.78, 5) is 0. The SMILES string of the molecule is COC(C)COc1ccc(C)cc1B(O)O. The van der Waals surface area contributed by atoms with Crippen LogP contribution in [0.4, 0.5) is 0 Å². The zero-order valence-corrected chi connectivity index (χ0v) is 9.80. The van der Waals surface area contributed by atoms with Crippen molar-refractivity contribution >= 4 is 12.6 Å². The smallest absolute Gasteiger partial charge is 0.491 e. The number of hydrogen-bond donors (Lipinski definition) is 2. The quantitative estimate of drug-likeness (QED) is 0.696. The molecule has 0 aliphatic rings. The first-order chi connectivity index (χ1) is 7.54. The standard InChI is InChI=1S/C11H17BO4/c1-8-4-5-11(10(6-8)12(13)14)16-7-9(2)15-3/h4-6,9,13-14H,7H2,1-3H3. The molecule has 0 amide bonds. The van der Waals surface area contributed by atoms with Crippen LogP contribution in [0, 0.1) is 6.92 Å². The Bertz CT molecular complexity index is 341. The molecule has 1 aromatic carbocycles. The molecule has 0 saturated heterocycles. The number of aryl methyl sites for hydroxylation is 1. The van der Waals surface area contributed by atoms with Crippen LogP contribution in [-0.2, 0) is 4.74 Å². The van der Waals surface area contributed by atoms with E-state index in [1.54, 1.807) is 19.2 Å². The highest BCUT2D eigenvalue weighted by Crippen LogP contribution is 2.10. The number of ether oxygens (including phenoxy) is 2. The molecule has 0 saturated carbocycles. The maximum absolute atomic E-state index is 9.20. The van der Waals surface area contributed by atoms with Crippen LogP contribution in [0.3, 0.4) is 0 Å². The molecule has 0 aliphatic carbocycles. The van der Waals surface area contributed by atoms with Crippen molar-refractivity contribution in [3.63, 3.8) is 0 Å². The summed E-state index contributed by atoms with van der Waals surface area (Å²) in [5.74, 6) is 0.476. The monoisotopic (exact) mass is 224 g/mol. The Morgan fingerprint density at radius 1 is 1.38 bits per heavy atom. The van der Waals surface area contributed by atoms with Gasteiger partial charge in [-0.05, 0) is 19.9 Å². The second kappa shape index (κ2) is 5.89. The van der Waals surface area contributed by atoms with Gasteiger partial charge in [0.25, 0.3) is 0 Å². The third kappa shape index (κ3) is 3.52. The highest BCUT2D eigenvalue weighted by molar-refractivity contribution is 6.59. The maximum atomic E-state index is 9.20. The Labute approximate surface area is 96.0 Å². The van der Waals surface area contributed by atoms with Gasteiger partial charge in [0.1, 0.15) is 12.4 Å². The van der Waals surface area contributed by atoms with Crippen LogP contribution in [-0.4, -0.2) is 37.0 Å². The molecule has 0 spiro atoms. The average Bonchev–Trinajstić information content (AvgIpc) is 2.26. The molecule has 0 fully saturated rings. The minimum atomic E-state index is -1.52. The zero-order valence-electron chi connectivity index (χ0n) is 9.80. The van der Waals surface area contributed by atoms with E-state index in [1.165, 1.54) is 0 Å². The lowest BCUT2D eigenvalue weighted by atomic mass is 9.79. The molecular formula is C11H17BO4. The van der Waals surface area contributed by atoms with Gasteiger partial charge in [0, 0.05) is 12.6 Å². The van der Waals surface area contributed by atoms with E-state index < -0.39 is 7.12 Å². The molecule has 0 aromatic heterocycles. The van der Waals surface area contributed by atoms with E-state index in [0.29, 0.717) is 17.8 Å². The van der Waals surface area contributed by atoms with Gasteiger partial charge >= 0.3 is 7.12 Å². The third-order valence-electron chi connectivity index (χ3n) is 2.32. The summed E-state index contributed by atoms with van der Waals surface area (Å²) in [6, 6.07) is 5.28. The predicted molar refractivity (Wildman–Crippen MR) is 63.0 cm³/mol. The van der Waals surface area contributed by atoms with Crippen LogP contribution < -0.4 is 10.2 Å². The molecule has 88 valence electrons. The number of benzene rings is 1. The van der Waals surface area contributed by atoms with Crippen molar-refractivity contribution in [1.29, 1.82) is 0 Å². The van der Waals surface area contributed by atoms with Crippen molar-refractivity contribution in [2.45, 2.75) is 20.0 Å². The predicted octanol–water partition coefficient (Wildman–Crippen LogP) is 0.0885. The fourth-order valence-electron chi connectivity index (χ4n) is 1.28. The summed E-state index contributed by atoms with van der Waals surface area (Å²) in [6.07, 6.45) is -0.0370. The van der Waals surface area contributed by atoms with E-state index in [-0.39, 0.29) is 6.10 Å². The Hall–Kier alpha value is -1.04. The largest absolute Gasteiger partial charge is 0.492 e. The summed E-state index contributed by atoms with van der Waals surface area (Å²) in [5, 5.41) is 18.4. The molecule has 1 unspecified atom stereocenters. The third-order valence-corrected chi connectivity index (χ3v) is 2.32. The number of rotatable bonds is 5. The van der Waals surface area contributed by atoms with Crippen LogP contribution >= 0.6 is 0 Å². The molecule has 5 heteroatoms. The van der Waals surface area contributed by atoms with Crippen LogP contribution in [0.15, 0.2) is 18.2 Å². The fraction of sp³-hybridized carbons (Fsp3) is 0.455. The molecule has 2 N–H and O–H groups in total. The first-order valence-corrected chi connectivity index (χ1v) is 5.17. The van der Waals surface area contributed by atoms with Gasteiger partial charge in [0.15, 0.2) is 0 Å². The number of methoxy groups -OCH3 is 1. The molecule has 0 bridgehead atoms. The van der Waals surface area contributed by atoms with Crippen molar-refractivity contribution in [2.24, 2.45) is 0 Å². The van der Waals surface area contributed by atoms with Gasteiger partial charge in [-0.1, -0.05) is 17.7 Å². The van der Waals surface area contributed by atoms with E-state index in [1.807, 2.05) is 19.9 Å². The highest BCUT2D eigenvalue weighted by atomic mass is 16.5. The summed E-state index contributed by atoms with van der Waals surface area (Å²) in [6.45, 7) is 4.13. The summed E-state index contributed by atoms with van der Waals surface area (Å²) >= 11 is 0. The maximum Gasteiger partial charge on any atom is 0.492 e. The topological polar surface area (TPSA) is 58.9 Å². The lowest BCUT2D eigenvalue weighted by Crippen LogP contribution is -2.32. The van der Waals surface area contributed by atoms with Crippen molar-refractivity contribution < 1.29 is 19.5 Å². The minimum Gasteiger partial charge on any atom is -0.491 e. The normalized spacial score (nSPS) is 12.3. The molecule has 1 rings (SSSR count). The van der Waals surface area contributed by atoms with Gasteiger partial charge in [-0.25, -0.2) is 0 Å². The van der Waals surface area contributed by atoms with Crippen LogP contribution in [0.5, 0.6) is 5.75 Å². The van der Waals surface area contributed by atoms with Gasteiger partial charge in [0.2, 0.25) is 0 Å². The average molecular weight is 224 g/mol. The molecule has 16 heavy (non-hydrogen) atoms. The second-order valence-corrected chi connectivity index (χ2v) is 3.77.